The molecule has 29 heavy (non-hydrogen) atoms. The van der Waals surface area contributed by atoms with Gasteiger partial charge in [-0.25, -0.2) is 4.79 Å². The van der Waals surface area contributed by atoms with Crippen LogP contribution in [-0.4, -0.2) is 18.5 Å². The third kappa shape index (κ3) is 5.42. The normalized spacial score (nSPS) is 11.2. The van der Waals surface area contributed by atoms with Gasteiger partial charge in [0.25, 0.3) is 5.91 Å². The Kier molecular flexibility index (Phi) is 6.62. The van der Waals surface area contributed by atoms with Crippen molar-refractivity contribution >= 4 is 40.5 Å². The molecule has 0 saturated heterocycles. The lowest BCUT2D eigenvalue weighted by Gasteiger charge is -2.12. The van der Waals surface area contributed by atoms with Gasteiger partial charge < -0.3 is 10.1 Å². The molecule has 4 nitrogen and oxygen atoms in total. The van der Waals surface area contributed by atoms with Gasteiger partial charge in [-0.3, -0.25) is 4.79 Å². The topological polar surface area (TPSA) is 55.4 Å². The van der Waals surface area contributed by atoms with Crippen LogP contribution >= 0.6 is 11.3 Å². The summed E-state index contributed by atoms with van der Waals surface area (Å²) < 4.78 is 5.33. The van der Waals surface area contributed by atoms with Gasteiger partial charge in [0, 0.05) is 10.6 Å². The molecule has 1 aromatic heterocycles. The summed E-state index contributed by atoms with van der Waals surface area (Å²) in [5.74, 6) is -0.887. The fourth-order valence-electron chi connectivity index (χ4n) is 2.99. The standard InChI is InChI=1S/C24H23NO3S/c1-16-7-4-10-19(13-16)14-20(21-11-6-12-29-21)24(27)28-15-22(26)25-23-17(2)8-5-9-18(23)3/h4-14H,15H2,1-3H3,(H,25,26)/b20-14+. The van der Waals surface area contributed by atoms with Crippen LogP contribution in [0.15, 0.2) is 60.0 Å². The van der Waals surface area contributed by atoms with E-state index in [9.17, 15) is 9.59 Å². The number of nitrogens with one attached hydrogen (secondary N) is 1. The molecule has 0 radical (unpaired) electrons. The highest BCUT2D eigenvalue weighted by Crippen LogP contribution is 2.25. The molecule has 1 heterocycles. The van der Waals surface area contributed by atoms with Crippen molar-refractivity contribution in [2.75, 3.05) is 11.9 Å². The molecule has 1 N–H and O–H groups in total. The lowest BCUT2D eigenvalue weighted by atomic mass is 10.1. The minimum absolute atomic E-state index is 0.344. The van der Waals surface area contributed by atoms with Gasteiger partial charge in [0.05, 0.1) is 5.57 Å². The maximum atomic E-state index is 12.8. The van der Waals surface area contributed by atoms with Crippen LogP contribution in [0, 0.1) is 20.8 Å². The van der Waals surface area contributed by atoms with Gasteiger partial charge >= 0.3 is 5.97 Å². The summed E-state index contributed by atoms with van der Waals surface area (Å²) in [7, 11) is 0. The number of amides is 1. The number of carbonyl (C=O) groups is 2. The highest BCUT2D eigenvalue weighted by atomic mass is 32.1. The second-order valence-corrected chi connectivity index (χ2v) is 7.79. The maximum Gasteiger partial charge on any atom is 0.340 e. The molecule has 0 atom stereocenters. The van der Waals surface area contributed by atoms with E-state index in [0.717, 1.165) is 32.8 Å². The Hall–Kier alpha value is -3.18. The summed E-state index contributed by atoms with van der Waals surface area (Å²) in [6.07, 6.45) is 1.80. The number of hydrogen-bond acceptors (Lipinski definition) is 4. The smallest absolute Gasteiger partial charge is 0.340 e. The average molecular weight is 406 g/mol. The van der Waals surface area contributed by atoms with Crippen molar-refractivity contribution < 1.29 is 14.3 Å². The first-order valence-corrected chi connectivity index (χ1v) is 10.2. The van der Waals surface area contributed by atoms with Crippen LogP contribution in [-0.2, 0) is 14.3 Å². The second kappa shape index (κ2) is 9.34. The molecule has 1 amide bonds. The number of para-hydroxylation sites is 1. The van der Waals surface area contributed by atoms with Crippen LogP contribution in [0.3, 0.4) is 0 Å². The lowest BCUT2D eigenvalue weighted by molar-refractivity contribution is -0.141. The summed E-state index contributed by atoms with van der Waals surface area (Å²) in [5, 5.41) is 4.73. The Bertz CT molecular complexity index is 1030. The Labute approximate surface area is 174 Å². The van der Waals surface area contributed by atoms with E-state index < -0.39 is 5.97 Å². The molecule has 0 aliphatic heterocycles. The zero-order valence-corrected chi connectivity index (χ0v) is 17.5. The molecule has 148 valence electrons. The summed E-state index contributed by atoms with van der Waals surface area (Å²) in [6, 6.07) is 17.4. The summed E-state index contributed by atoms with van der Waals surface area (Å²) in [4.78, 5) is 25.9. The van der Waals surface area contributed by atoms with Crippen LogP contribution in [0.25, 0.3) is 11.6 Å². The van der Waals surface area contributed by atoms with Gasteiger partial charge in [-0.15, -0.1) is 11.3 Å². The van der Waals surface area contributed by atoms with E-state index in [2.05, 4.69) is 5.32 Å². The van der Waals surface area contributed by atoms with Crippen molar-refractivity contribution in [2.24, 2.45) is 0 Å². The average Bonchev–Trinajstić information content (AvgIpc) is 3.22. The molecule has 3 rings (SSSR count). The fraction of sp³-hybridized carbons (Fsp3) is 0.167. The van der Waals surface area contributed by atoms with Crippen molar-refractivity contribution in [3.63, 3.8) is 0 Å². The van der Waals surface area contributed by atoms with Gasteiger partial charge in [0.1, 0.15) is 0 Å². The van der Waals surface area contributed by atoms with E-state index in [1.54, 1.807) is 6.08 Å². The van der Waals surface area contributed by atoms with E-state index in [0.29, 0.717) is 5.57 Å². The predicted molar refractivity (Wildman–Crippen MR) is 119 cm³/mol. The first-order chi connectivity index (χ1) is 13.9. The van der Waals surface area contributed by atoms with Crippen molar-refractivity contribution in [2.45, 2.75) is 20.8 Å². The number of thiophene rings is 1. The summed E-state index contributed by atoms with van der Waals surface area (Å²) >= 11 is 1.45. The molecule has 0 aliphatic rings. The van der Waals surface area contributed by atoms with Crippen LogP contribution < -0.4 is 5.32 Å². The first kappa shape index (κ1) is 20.6. The molecule has 3 aromatic rings. The van der Waals surface area contributed by atoms with Crippen LogP contribution in [0.5, 0.6) is 0 Å². The summed E-state index contributed by atoms with van der Waals surface area (Å²) in [6.45, 7) is 5.50. The van der Waals surface area contributed by atoms with Gasteiger partial charge in [-0.05, 0) is 55.0 Å². The van der Waals surface area contributed by atoms with Gasteiger partial charge in [0.2, 0.25) is 0 Å². The third-order valence-electron chi connectivity index (χ3n) is 4.44. The molecule has 0 saturated carbocycles. The van der Waals surface area contributed by atoms with Gasteiger partial charge in [-0.1, -0.05) is 54.1 Å². The molecule has 0 bridgehead atoms. The number of aryl methyl sites for hydroxylation is 3. The van der Waals surface area contributed by atoms with Crippen molar-refractivity contribution in [1.29, 1.82) is 0 Å². The monoisotopic (exact) mass is 405 g/mol. The molecular formula is C24H23NO3S. The first-order valence-electron chi connectivity index (χ1n) is 9.29. The lowest BCUT2D eigenvalue weighted by Crippen LogP contribution is -2.22. The maximum absolute atomic E-state index is 12.8. The minimum Gasteiger partial charge on any atom is -0.452 e. The SMILES string of the molecule is Cc1cccc(/C=C(/C(=O)OCC(=O)Nc2c(C)cccc2C)c2cccs2)c1. The van der Waals surface area contributed by atoms with Crippen LogP contribution in [0.2, 0.25) is 0 Å². The largest absolute Gasteiger partial charge is 0.452 e. The molecule has 5 heteroatoms. The predicted octanol–water partition coefficient (Wildman–Crippen LogP) is 5.40. The number of rotatable bonds is 6. The molecule has 2 aromatic carbocycles. The molecule has 0 spiro atoms. The van der Waals surface area contributed by atoms with Gasteiger partial charge in [0.15, 0.2) is 6.61 Å². The number of anilines is 1. The molecule has 0 aliphatic carbocycles. The molecule has 0 unspecified atom stereocenters. The van der Waals surface area contributed by atoms with E-state index in [4.69, 9.17) is 4.74 Å². The van der Waals surface area contributed by atoms with E-state index >= 15 is 0 Å². The highest BCUT2D eigenvalue weighted by molar-refractivity contribution is 7.11. The number of ether oxygens (including phenoxy) is 1. The number of esters is 1. The second-order valence-electron chi connectivity index (χ2n) is 6.84. The van der Waals surface area contributed by atoms with Crippen molar-refractivity contribution in [1.82, 2.24) is 0 Å². The van der Waals surface area contributed by atoms with E-state index in [1.807, 2.05) is 80.7 Å². The number of carbonyl (C=O) groups excluding carboxylic acids is 2. The number of benzene rings is 2. The molecule has 0 fully saturated rings. The van der Waals surface area contributed by atoms with E-state index in [1.165, 1.54) is 11.3 Å². The fourth-order valence-corrected chi connectivity index (χ4v) is 3.72. The Morgan fingerprint density at radius 2 is 1.72 bits per heavy atom. The number of hydrogen-bond donors (Lipinski definition) is 1. The summed E-state index contributed by atoms with van der Waals surface area (Å²) in [5.41, 5.74) is 5.12. The van der Waals surface area contributed by atoms with Crippen LogP contribution in [0.4, 0.5) is 5.69 Å². The highest BCUT2D eigenvalue weighted by Gasteiger charge is 2.17. The third-order valence-corrected chi connectivity index (χ3v) is 5.34. The Balaban J connectivity index is 1.73. The van der Waals surface area contributed by atoms with Crippen LogP contribution in [0.1, 0.15) is 27.1 Å². The van der Waals surface area contributed by atoms with Gasteiger partial charge in [-0.2, -0.15) is 0 Å². The quantitative estimate of drug-likeness (QED) is 0.441. The molecular weight excluding hydrogens is 382 g/mol. The van der Waals surface area contributed by atoms with Crippen molar-refractivity contribution in [3.05, 3.63) is 87.1 Å². The zero-order valence-electron chi connectivity index (χ0n) is 16.7. The Morgan fingerprint density at radius 1 is 1.00 bits per heavy atom. The Morgan fingerprint density at radius 3 is 2.38 bits per heavy atom. The minimum atomic E-state index is -0.523. The van der Waals surface area contributed by atoms with E-state index in [-0.39, 0.29) is 12.5 Å². The van der Waals surface area contributed by atoms with Crippen molar-refractivity contribution in [3.8, 4) is 0 Å². The zero-order chi connectivity index (χ0) is 20.8.